The van der Waals surface area contributed by atoms with Gasteiger partial charge in [-0.05, 0) is 25.7 Å². The van der Waals surface area contributed by atoms with Gasteiger partial charge in [0.2, 0.25) is 0 Å². The first-order valence-electron chi connectivity index (χ1n) is 6.47. The lowest BCUT2D eigenvalue weighted by molar-refractivity contribution is -0.211. The van der Waals surface area contributed by atoms with Crippen LogP contribution in [0.25, 0.3) is 0 Å². The Morgan fingerprint density at radius 3 is 2.75 bits per heavy atom. The Balaban J connectivity index is 1.69. The van der Waals surface area contributed by atoms with Crippen LogP contribution in [0.4, 0.5) is 0 Å². The van der Waals surface area contributed by atoms with E-state index in [0.29, 0.717) is 6.10 Å². The van der Waals surface area contributed by atoms with Crippen LogP contribution in [0.3, 0.4) is 0 Å². The van der Waals surface area contributed by atoms with E-state index >= 15 is 0 Å². The Morgan fingerprint density at radius 2 is 1.75 bits per heavy atom. The normalized spacial score (nSPS) is 46.0. The van der Waals surface area contributed by atoms with Crippen LogP contribution in [0.15, 0.2) is 12.2 Å². The summed E-state index contributed by atoms with van der Waals surface area (Å²) in [5.74, 6) is 0. The van der Waals surface area contributed by atoms with Gasteiger partial charge >= 0.3 is 0 Å². The maximum absolute atomic E-state index is 6.13. The highest BCUT2D eigenvalue weighted by Crippen LogP contribution is 2.32. The van der Waals surface area contributed by atoms with E-state index in [1.54, 1.807) is 0 Å². The highest BCUT2D eigenvalue weighted by atomic mass is 16.6. The van der Waals surface area contributed by atoms with E-state index in [-0.39, 0.29) is 18.3 Å². The van der Waals surface area contributed by atoms with Gasteiger partial charge in [-0.1, -0.05) is 12.2 Å². The molecule has 0 amide bonds. The number of ether oxygens (including phenoxy) is 3. The lowest BCUT2D eigenvalue weighted by Crippen LogP contribution is -2.51. The van der Waals surface area contributed by atoms with Crippen molar-refractivity contribution in [3.8, 4) is 0 Å². The molecule has 0 N–H and O–H groups in total. The molecule has 3 aliphatic heterocycles. The van der Waals surface area contributed by atoms with Crippen molar-refractivity contribution in [2.75, 3.05) is 13.2 Å². The highest BCUT2D eigenvalue weighted by Gasteiger charge is 2.40. The maximum Gasteiger partial charge on any atom is 0.0877 e. The van der Waals surface area contributed by atoms with Gasteiger partial charge in [-0.3, -0.25) is 0 Å². The van der Waals surface area contributed by atoms with E-state index in [2.05, 4.69) is 12.2 Å². The van der Waals surface area contributed by atoms with Crippen molar-refractivity contribution in [2.45, 2.75) is 56.5 Å². The van der Waals surface area contributed by atoms with E-state index < -0.39 is 0 Å². The molecule has 90 valence electrons. The molecule has 0 bridgehead atoms. The van der Waals surface area contributed by atoms with Crippen molar-refractivity contribution in [1.82, 2.24) is 0 Å². The van der Waals surface area contributed by atoms with Crippen molar-refractivity contribution >= 4 is 0 Å². The minimum absolute atomic E-state index is 0.240. The molecule has 0 aromatic rings. The van der Waals surface area contributed by atoms with Crippen molar-refractivity contribution in [2.24, 2.45) is 0 Å². The molecular weight excluding hydrogens is 204 g/mol. The lowest BCUT2D eigenvalue weighted by atomic mass is 9.92. The van der Waals surface area contributed by atoms with Crippen LogP contribution in [0.2, 0.25) is 0 Å². The number of fused-ring (bicyclic) bond motifs is 2. The largest absolute Gasteiger partial charge is 0.375 e. The second kappa shape index (κ2) is 4.86. The summed E-state index contributed by atoms with van der Waals surface area (Å²) >= 11 is 0. The predicted molar refractivity (Wildman–Crippen MR) is 60.4 cm³/mol. The first kappa shape index (κ1) is 10.8. The van der Waals surface area contributed by atoms with E-state index in [4.69, 9.17) is 14.2 Å². The zero-order chi connectivity index (χ0) is 10.8. The standard InChI is InChI=1S/C13H20O3/c1-2-5-10-12(14-7-3-1)9-13-11(16-10)6-4-8-15-13/h1-2,10-13H,3-9H2/b2-1-/t10-,11-,12-,13-/m1/s1. The van der Waals surface area contributed by atoms with Gasteiger partial charge in [0.05, 0.1) is 31.0 Å². The fourth-order valence-electron chi connectivity index (χ4n) is 2.90. The molecule has 0 unspecified atom stereocenters. The summed E-state index contributed by atoms with van der Waals surface area (Å²) < 4.78 is 17.8. The topological polar surface area (TPSA) is 27.7 Å². The van der Waals surface area contributed by atoms with Crippen LogP contribution in [-0.2, 0) is 14.2 Å². The summed E-state index contributed by atoms with van der Waals surface area (Å²) in [4.78, 5) is 0. The van der Waals surface area contributed by atoms with Gasteiger partial charge in [0.25, 0.3) is 0 Å². The number of rotatable bonds is 0. The third kappa shape index (κ3) is 2.17. The third-order valence-corrected chi connectivity index (χ3v) is 3.76. The first-order valence-corrected chi connectivity index (χ1v) is 6.47. The number of hydrogen-bond acceptors (Lipinski definition) is 3. The molecule has 3 nitrogen and oxygen atoms in total. The van der Waals surface area contributed by atoms with Gasteiger partial charge in [-0.25, -0.2) is 0 Å². The summed E-state index contributed by atoms with van der Waals surface area (Å²) in [6.45, 7) is 1.71. The summed E-state index contributed by atoms with van der Waals surface area (Å²) in [5.41, 5.74) is 0. The van der Waals surface area contributed by atoms with E-state index in [1.165, 1.54) is 0 Å². The summed E-state index contributed by atoms with van der Waals surface area (Å²) in [5, 5.41) is 0. The van der Waals surface area contributed by atoms with Gasteiger partial charge < -0.3 is 14.2 Å². The van der Waals surface area contributed by atoms with Crippen LogP contribution >= 0.6 is 0 Å². The van der Waals surface area contributed by atoms with Crippen LogP contribution < -0.4 is 0 Å². The maximum atomic E-state index is 6.13. The molecular formula is C13H20O3. The molecule has 0 saturated carbocycles. The monoisotopic (exact) mass is 224 g/mol. The first-order chi connectivity index (χ1) is 7.93. The van der Waals surface area contributed by atoms with Crippen LogP contribution in [0.1, 0.15) is 32.1 Å². The second-order valence-electron chi connectivity index (χ2n) is 4.91. The molecule has 0 aromatic heterocycles. The lowest BCUT2D eigenvalue weighted by Gasteiger charge is -2.43. The molecule has 0 spiro atoms. The van der Waals surface area contributed by atoms with Crippen molar-refractivity contribution in [1.29, 1.82) is 0 Å². The van der Waals surface area contributed by atoms with Gasteiger partial charge in [0.15, 0.2) is 0 Å². The fraction of sp³-hybridized carbons (Fsp3) is 0.846. The van der Waals surface area contributed by atoms with Crippen molar-refractivity contribution < 1.29 is 14.2 Å². The average molecular weight is 224 g/mol. The van der Waals surface area contributed by atoms with Gasteiger partial charge in [0, 0.05) is 13.0 Å². The van der Waals surface area contributed by atoms with E-state index in [9.17, 15) is 0 Å². The molecule has 2 fully saturated rings. The van der Waals surface area contributed by atoms with Crippen LogP contribution in [0, 0.1) is 0 Å². The molecule has 16 heavy (non-hydrogen) atoms. The van der Waals surface area contributed by atoms with Crippen molar-refractivity contribution in [3.05, 3.63) is 12.2 Å². The molecule has 3 heteroatoms. The molecule has 3 rings (SSSR count). The summed E-state index contributed by atoms with van der Waals surface area (Å²) in [6.07, 6.45) is 10.8. The van der Waals surface area contributed by atoms with Crippen molar-refractivity contribution in [3.63, 3.8) is 0 Å². The molecule has 3 heterocycles. The molecule has 0 aliphatic carbocycles. The Hall–Kier alpha value is -0.380. The van der Waals surface area contributed by atoms with E-state index in [0.717, 1.165) is 45.3 Å². The fourth-order valence-corrected chi connectivity index (χ4v) is 2.90. The molecule has 0 radical (unpaired) electrons. The zero-order valence-corrected chi connectivity index (χ0v) is 9.64. The Labute approximate surface area is 96.8 Å². The predicted octanol–water partition coefficient (Wildman–Crippen LogP) is 2.06. The Morgan fingerprint density at radius 1 is 0.875 bits per heavy atom. The zero-order valence-electron chi connectivity index (χ0n) is 9.64. The van der Waals surface area contributed by atoms with Gasteiger partial charge in [-0.15, -0.1) is 0 Å². The third-order valence-electron chi connectivity index (χ3n) is 3.76. The Kier molecular flexibility index (Phi) is 3.27. The van der Waals surface area contributed by atoms with Crippen LogP contribution in [0.5, 0.6) is 0 Å². The SMILES string of the molecule is C1=C\C[C@H]2O[C@@H]3CCCO[C@@H]3C[C@H]2OCC/1. The summed E-state index contributed by atoms with van der Waals surface area (Å²) in [6, 6.07) is 0. The smallest absolute Gasteiger partial charge is 0.0877 e. The van der Waals surface area contributed by atoms with Crippen LogP contribution in [-0.4, -0.2) is 37.6 Å². The molecule has 2 saturated heterocycles. The van der Waals surface area contributed by atoms with Gasteiger partial charge in [-0.2, -0.15) is 0 Å². The second-order valence-corrected chi connectivity index (χ2v) is 4.91. The quantitative estimate of drug-likeness (QED) is 0.589. The average Bonchev–Trinajstić information content (AvgIpc) is 2.29. The highest BCUT2D eigenvalue weighted by molar-refractivity contribution is 4.95. The minimum Gasteiger partial charge on any atom is -0.375 e. The molecule has 3 aliphatic rings. The van der Waals surface area contributed by atoms with Gasteiger partial charge in [0.1, 0.15) is 0 Å². The van der Waals surface area contributed by atoms with E-state index in [1.807, 2.05) is 0 Å². The Bertz CT molecular complexity index is 264. The number of hydrogen-bond donors (Lipinski definition) is 0. The summed E-state index contributed by atoms with van der Waals surface area (Å²) in [7, 11) is 0. The molecule has 4 atom stereocenters. The minimum atomic E-state index is 0.240. The molecule has 0 aromatic carbocycles.